The highest BCUT2D eigenvalue weighted by atomic mass is 19.2. The predicted molar refractivity (Wildman–Crippen MR) is 52.9 cm³/mol. The molecule has 1 N–H and O–H groups in total. The Labute approximate surface area is 85.7 Å². The number of carbonyl (C=O) groups excluding carboxylic acids is 1. The zero-order valence-electron chi connectivity index (χ0n) is 8.18. The monoisotopic (exact) mass is 212 g/mol. The molecule has 0 bridgehead atoms. The lowest BCUT2D eigenvalue weighted by Crippen LogP contribution is -2.37. The van der Waals surface area contributed by atoms with Gasteiger partial charge in [0.1, 0.15) is 0 Å². The molecule has 1 amide bonds. The molecule has 0 fully saturated rings. The maximum Gasteiger partial charge on any atom is 0.223 e. The molecule has 1 aliphatic rings. The summed E-state index contributed by atoms with van der Waals surface area (Å²) in [6, 6.07) is 2.11. The summed E-state index contributed by atoms with van der Waals surface area (Å²) >= 11 is 0. The number of hydrogen-bond donors (Lipinski definition) is 1. The molecule has 0 aliphatic carbocycles. The molecule has 1 aliphatic heterocycles. The van der Waals surface area contributed by atoms with Crippen molar-refractivity contribution in [3.63, 3.8) is 0 Å². The molecule has 0 aromatic heterocycles. The third-order valence-corrected chi connectivity index (χ3v) is 2.36. The van der Waals surface area contributed by atoms with Crippen LogP contribution < -0.4 is 10.2 Å². The largest absolute Gasteiger partial charge is 0.381 e. The molecule has 0 spiro atoms. The Morgan fingerprint density at radius 2 is 2.07 bits per heavy atom. The summed E-state index contributed by atoms with van der Waals surface area (Å²) in [7, 11) is 0. The lowest BCUT2D eigenvalue weighted by Gasteiger charge is -2.29. The second kappa shape index (κ2) is 3.49. The van der Waals surface area contributed by atoms with Gasteiger partial charge in [0.15, 0.2) is 11.6 Å². The van der Waals surface area contributed by atoms with Crippen molar-refractivity contribution < 1.29 is 13.6 Å². The van der Waals surface area contributed by atoms with Gasteiger partial charge in [0.05, 0.1) is 11.4 Å². The first-order chi connectivity index (χ1) is 7.09. The quantitative estimate of drug-likeness (QED) is 0.710. The number of nitrogens with zero attached hydrogens (tertiary/aromatic N) is 1. The molecule has 0 unspecified atom stereocenters. The Morgan fingerprint density at radius 3 is 2.73 bits per heavy atom. The minimum absolute atomic E-state index is 0.177. The summed E-state index contributed by atoms with van der Waals surface area (Å²) in [6.07, 6.45) is 0. The lowest BCUT2D eigenvalue weighted by molar-refractivity contribution is -0.116. The van der Waals surface area contributed by atoms with Crippen molar-refractivity contribution >= 4 is 17.3 Å². The van der Waals surface area contributed by atoms with E-state index >= 15 is 0 Å². The maximum absolute atomic E-state index is 13.0. The van der Waals surface area contributed by atoms with Crippen LogP contribution in [0.25, 0.3) is 0 Å². The molecule has 80 valence electrons. The van der Waals surface area contributed by atoms with Crippen LogP contribution in [0.4, 0.5) is 20.2 Å². The zero-order valence-corrected chi connectivity index (χ0v) is 8.18. The third-order valence-electron chi connectivity index (χ3n) is 2.36. The highest BCUT2D eigenvalue weighted by molar-refractivity contribution is 5.96. The van der Waals surface area contributed by atoms with Gasteiger partial charge in [-0.3, -0.25) is 4.79 Å². The van der Waals surface area contributed by atoms with E-state index in [-0.39, 0.29) is 5.91 Å². The van der Waals surface area contributed by atoms with E-state index in [0.717, 1.165) is 12.1 Å². The zero-order chi connectivity index (χ0) is 11.0. The summed E-state index contributed by atoms with van der Waals surface area (Å²) in [5.74, 6) is -2.03. The summed E-state index contributed by atoms with van der Waals surface area (Å²) < 4.78 is 25.9. The first-order valence-corrected chi connectivity index (χ1v) is 4.60. The second-order valence-corrected chi connectivity index (χ2v) is 3.38. The highest BCUT2D eigenvalue weighted by Crippen LogP contribution is 2.31. The van der Waals surface area contributed by atoms with E-state index in [1.165, 1.54) is 11.8 Å². The summed E-state index contributed by atoms with van der Waals surface area (Å²) in [5.41, 5.74) is 0.850. The van der Waals surface area contributed by atoms with Crippen molar-refractivity contribution in [1.82, 2.24) is 0 Å². The molecule has 1 aromatic carbocycles. The molecular formula is C10H10F2N2O. The van der Waals surface area contributed by atoms with Crippen molar-refractivity contribution in [1.29, 1.82) is 0 Å². The first kappa shape index (κ1) is 9.89. The van der Waals surface area contributed by atoms with E-state index in [0.29, 0.717) is 24.5 Å². The number of anilines is 2. The van der Waals surface area contributed by atoms with Gasteiger partial charge in [-0.1, -0.05) is 0 Å². The van der Waals surface area contributed by atoms with E-state index in [4.69, 9.17) is 0 Å². The van der Waals surface area contributed by atoms with Crippen LogP contribution in [-0.4, -0.2) is 19.0 Å². The number of carbonyl (C=O) groups is 1. The summed E-state index contributed by atoms with van der Waals surface area (Å²) in [4.78, 5) is 12.7. The van der Waals surface area contributed by atoms with Crippen LogP contribution in [0.1, 0.15) is 6.92 Å². The van der Waals surface area contributed by atoms with Gasteiger partial charge in [0.25, 0.3) is 0 Å². The fraction of sp³-hybridized carbons (Fsp3) is 0.300. The Balaban J connectivity index is 2.51. The van der Waals surface area contributed by atoms with Gasteiger partial charge in [-0.2, -0.15) is 0 Å². The minimum atomic E-state index is -0.941. The van der Waals surface area contributed by atoms with Crippen LogP contribution in [-0.2, 0) is 4.79 Å². The van der Waals surface area contributed by atoms with Crippen LogP contribution in [0, 0.1) is 11.6 Å². The van der Waals surface area contributed by atoms with E-state index < -0.39 is 11.6 Å². The van der Waals surface area contributed by atoms with Crippen molar-refractivity contribution in [3.8, 4) is 0 Å². The number of rotatable bonds is 0. The Bertz CT molecular complexity index is 420. The van der Waals surface area contributed by atoms with Crippen LogP contribution in [0.2, 0.25) is 0 Å². The first-order valence-electron chi connectivity index (χ1n) is 4.60. The molecule has 5 heteroatoms. The summed E-state index contributed by atoms with van der Waals surface area (Å²) in [6.45, 7) is 2.40. The van der Waals surface area contributed by atoms with Crippen molar-refractivity contribution in [2.75, 3.05) is 23.3 Å². The van der Waals surface area contributed by atoms with Gasteiger partial charge in [-0.15, -0.1) is 0 Å². The normalized spacial score (nSPS) is 14.5. The molecule has 3 nitrogen and oxygen atoms in total. The lowest BCUT2D eigenvalue weighted by atomic mass is 10.2. The van der Waals surface area contributed by atoms with Crippen LogP contribution >= 0.6 is 0 Å². The van der Waals surface area contributed by atoms with Crippen molar-refractivity contribution in [2.45, 2.75) is 6.92 Å². The van der Waals surface area contributed by atoms with Crippen LogP contribution in [0.15, 0.2) is 12.1 Å². The van der Waals surface area contributed by atoms with Gasteiger partial charge in [0, 0.05) is 32.1 Å². The second-order valence-electron chi connectivity index (χ2n) is 3.38. The molecule has 15 heavy (non-hydrogen) atoms. The minimum Gasteiger partial charge on any atom is -0.381 e. The van der Waals surface area contributed by atoms with E-state index in [1.54, 1.807) is 0 Å². The van der Waals surface area contributed by atoms with Gasteiger partial charge in [0.2, 0.25) is 5.91 Å². The smallest absolute Gasteiger partial charge is 0.223 e. The van der Waals surface area contributed by atoms with Crippen LogP contribution in [0.5, 0.6) is 0 Å². The highest BCUT2D eigenvalue weighted by Gasteiger charge is 2.21. The standard InChI is InChI=1S/C10H10F2N2O/c1-6(15)14-3-2-13-9-4-7(11)8(12)5-10(9)14/h4-5,13H,2-3H2,1H3. The fourth-order valence-corrected chi connectivity index (χ4v) is 1.65. The number of fused-ring (bicyclic) bond motifs is 1. The number of halogens is 2. The van der Waals surface area contributed by atoms with Gasteiger partial charge < -0.3 is 10.2 Å². The predicted octanol–water partition coefficient (Wildman–Crippen LogP) is 1.74. The molecule has 1 heterocycles. The molecule has 1 aromatic rings. The molecule has 0 saturated carbocycles. The summed E-state index contributed by atoms with van der Waals surface area (Å²) in [5, 5.41) is 2.91. The Hall–Kier alpha value is -1.65. The molecular weight excluding hydrogens is 202 g/mol. The number of hydrogen-bond acceptors (Lipinski definition) is 2. The van der Waals surface area contributed by atoms with Crippen molar-refractivity contribution in [2.24, 2.45) is 0 Å². The average molecular weight is 212 g/mol. The molecule has 0 saturated heterocycles. The fourth-order valence-electron chi connectivity index (χ4n) is 1.65. The number of benzene rings is 1. The maximum atomic E-state index is 13.0. The van der Waals surface area contributed by atoms with Crippen molar-refractivity contribution in [3.05, 3.63) is 23.8 Å². The van der Waals surface area contributed by atoms with E-state index in [9.17, 15) is 13.6 Å². The Morgan fingerprint density at radius 1 is 1.40 bits per heavy atom. The van der Waals surface area contributed by atoms with Gasteiger partial charge in [-0.25, -0.2) is 8.78 Å². The van der Waals surface area contributed by atoms with Gasteiger partial charge in [-0.05, 0) is 0 Å². The van der Waals surface area contributed by atoms with Gasteiger partial charge >= 0.3 is 0 Å². The SMILES string of the molecule is CC(=O)N1CCNc2cc(F)c(F)cc21. The molecule has 0 radical (unpaired) electrons. The van der Waals surface area contributed by atoms with E-state index in [1.807, 2.05) is 0 Å². The average Bonchev–Trinajstić information content (AvgIpc) is 2.18. The number of amides is 1. The topological polar surface area (TPSA) is 32.3 Å². The van der Waals surface area contributed by atoms with E-state index in [2.05, 4.69) is 5.32 Å². The molecule has 0 atom stereocenters. The third kappa shape index (κ3) is 1.65. The number of nitrogens with one attached hydrogen (secondary N) is 1. The Kier molecular flexibility index (Phi) is 2.30. The van der Waals surface area contributed by atoms with Crippen LogP contribution in [0.3, 0.4) is 0 Å². The molecule has 2 rings (SSSR count).